The number of benzene rings is 1. The van der Waals surface area contributed by atoms with Crippen LogP contribution in [0, 0.1) is 0 Å². The molecule has 0 saturated carbocycles. The molecule has 0 radical (unpaired) electrons. The molecule has 0 saturated heterocycles. The molecule has 13 nitrogen and oxygen atoms in total. The molecule has 5 atom stereocenters. The van der Waals surface area contributed by atoms with Gasteiger partial charge in [-0.25, -0.2) is 4.79 Å². The van der Waals surface area contributed by atoms with E-state index in [2.05, 4.69) is 20.9 Å². The Morgan fingerprint density at radius 2 is 1.50 bits per heavy atom. The van der Waals surface area contributed by atoms with Gasteiger partial charge in [-0.3, -0.25) is 14.4 Å². The lowest BCUT2D eigenvalue weighted by molar-refractivity contribution is -0.142. The van der Waals surface area contributed by atoms with Crippen molar-refractivity contribution in [3.8, 4) is 0 Å². The van der Waals surface area contributed by atoms with E-state index in [1.54, 1.807) is 6.20 Å². The second-order valence-corrected chi connectivity index (χ2v) is 9.93. The quantitative estimate of drug-likeness (QED) is 0.104. The standard InChI is InChI=1S/C27H43N7O6/c1-16(35)23(34-24(36)19(30)9-4-6-12-28)26(38)33-22(14-17-15-31-20-10-3-2-8-18(17)20)25(37)32-21(27(39)40)11-5-7-13-29/h2-3,8,10,15-16,19,21-23,31,35H,4-7,9,11-14,28-30H2,1H3,(H,32,37)(H,33,38)(H,34,36)(H,39,40). The molecule has 0 aliphatic heterocycles. The number of carbonyl (C=O) groups is 4. The van der Waals surface area contributed by atoms with E-state index in [9.17, 15) is 29.4 Å². The van der Waals surface area contributed by atoms with Crippen molar-refractivity contribution in [3.05, 3.63) is 36.0 Å². The highest BCUT2D eigenvalue weighted by atomic mass is 16.4. The highest BCUT2D eigenvalue weighted by Gasteiger charge is 2.32. The molecular weight excluding hydrogens is 518 g/mol. The zero-order chi connectivity index (χ0) is 29.7. The Kier molecular flexibility index (Phi) is 13.5. The molecule has 5 unspecified atom stereocenters. The summed E-state index contributed by atoms with van der Waals surface area (Å²) in [6.07, 6.45) is 3.35. The van der Waals surface area contributed by atoms with Gasteiger partial charge in [-0.05, 0) is 63.7 Å². The Morgan fingerprint density at radius 3 is 2.12 bits per heavy atom. The number of fused-ring (bicyclic) bond motifs is 1. The number of aliphatic carboxylic acids is 1. The van der Waals surface area contributed by atoms with Crippen LogP contribution < -0.4 is 33.2 Å². The van der Waals surface area contributed by atoms with Gasteiger partial charge in [0.1, 0.15) is 18.1 Å². The van der Waals surface area contributed by atoms with Crippen LogP contribution in [-0.2, 0) is 25.6 Å². The number of aliphatic hydroxyl groups is 1. The van der Waals surface area contributed by atoms with Crippen LogP contribution in [0.4, 0.5) is 0 Å². The molecule has 222 valence electrons. The number of carboxylic acids is 1. The average molecular weight is 562 g/mol. The predicted octanol–water partition coefficient (Wildman–Crippen LogP) is -0.784. The van der Waals surface area contributed by atoms with Crippen molar-refractivity contribution in [3.63, 3.8) is 0 Å². The first kappa shape index (κ1) is 32.7. The van der Waals surface area contributed by atoms with Crippen LogP contribution >= 0.6 is 0 Å². The fourth-order valence-corrected chi connectivity index (χ4v) is 4.32. The molecule has 3 amide bonds. The van der Waals surface area contributed by atoms with E-state index in [1.165, 1.54) is 6.92 Å². The molecule has 0 bridgehead atoms. The lowest BCUT2D eigenvalue weighted by Crippen LogP contribution is -2.60. The number of carbonyl (C=O) groups excluding carboxylic acids is 3. The molecule has 0 aliphatic rings. The minimum atomic E-state index is -1.40. The number of hydrogen-bond donors (Lipinski definition) is 9. The molecule has 0 fully saturated rings. The molecule has 1 heterocycles. The summed E-state index contributed by atoms with van der Waals surface area (Å²) in [5.74, 6) is -3.36. The predicted molar refractivity (Wildman–Crippen MR) is 151 cm³/mol. The molecule has 0 spiro atoms. The second kappa shape index (κ2) is 16.6. The lowest BCUT2D eigenvalue weighted by atomic mass is 10.0. The smallest absolute Gasteiger partial charge is 0.326 e. The second-order valence-electron chi connectivity index (χ2n) is 9.93. The summed E-state index contributed by atoms with van der Waals surface area (Å²) in [7, 11) is 0. The lowest BCUT2D eigenvalue weighted by Gasteiger charge is -2.26. The van der Waals surface area contributed by atoms with Crippen molar-refractivity contribution >= 4 is 34.6 Å². The largest absolute Gasteiger partial charge is 0.480 e. The first-order valence-corrected chi connectivity index (χ1v) is 13.6. The van der Waals surface area contributed by atoms with Crippen molar-refractivity contribution in [2.24, 2.45) is 17.2 Å². The Labute approximate surface area is 233 Å². The molecule has 0 aliphatic carbocycles. The van der Waals surface area contributed by atoms with E-state index in [4.69, 9.17) is 17.2 Å². The van der Waals surface area contributed by atoms with Gasteiger partial charge in [-0.15, -0.1) is 0 Å². The Balaban J connectivity index is 2.24. The third-order valence-corrected chi connectivity index (χ3v) is 6.66. The fraction of sp³-hybridized carbons (Fsp3) is 0.556. The summed E-state index contributed by atoms with van der Waals surface area (Å²) in [4.78, 5) is 54.2. The topological polar surface area (TPSA) is 239 Å². The van der Waals surface area contributed by atoms with Crippen molar-refractivity contribution in [1.29, 1.82) is 0 Å². The summed E-state index contributed by atoms with van der Waals surface area (Å²) in [5.41, 5.74) is 18.5. The van der Waals surface area contributed by atoms with Crippen molar-refractivity contribution in [1.82, 2.24) is 20.9 Å². The number of aromatic nitrogens is 1. The maximum atomic E-state index is 13.4. The van der Waals surface area contributed by atoms with Gasteiger partial charge in [-0.2, -0.15) is 0 Å². The number of H-pyrrole nitrogens is 1. The molecule has 12 N–H and O–H groups in total. The van der Waals surface area contributed by atoms with Gasteiger partial charge < -0.3 is 48.3 Å². The Hall–Kier alpha value is -3.52. The average Bonchev–Trinajstić information content (AvgIpc) is 3.33. The number of unbranched alkanes of at least 4 members (excludes halogenated alkanes) is 2. The van der Waals surface area contributed by atoms with Crippen molar-refractivity contribution in [2.45, 2.75) is 82.1 Å². The molecule has 13 heteroatoms. The van der Waals surface area contributed by atoms with Crippen molar-refractivity contribution in [2.75, 3.05) is 13.1 Å². The normalized spacial score (nSPS) is 15.0. The van der Waals surface area contributed by atoms with Gasteiger partial charge >= 0.3 is 5.97 Å². The number of nitrogens with two attached hydrogens (primary N) is 3. The van der Waals surface area contributed by atoms with Crippen LogP contribution in [0.15, 0.2) is 30.5 Å². The number of aliphatic hydroxyl groups excluding tert-OH is 1. The monoisotopic (exact) mass is 561 g/mol. The van der Waals surface area contributed by atoms with Gasteiger partial charge in [0.2, 0.25) is 17.7 Å². The van der Waals surface area contributed by atoms with E-state index >= 15 is 0 Å². The number of aromatic amines is 1. The van der Waals surface area contributed by atoms with E-state index < -0.39 is 54.0 Å². The highest BCUT2D eigenvalue weighted by Crippen LogP contribution is 2.19. The van der Waals surface area contributed by atoms with E-state index in [0.717, 1.165) is 10.9 Å². The van der Waals surface area contributed by atoms with Gasteiger partial charge in [0.05, 0.1) is 12.1 Å². The minimum absolute atomic E-state index is 0.0236. The zero-order valence-electron chi connectivity index (χ0n) is 22.9. The van der Waals surface area contributed by atoms with Gasteiger partial charge in [0.15, 0.2) is 0 Å². The van der Waals surface area contributed by atoms with Crippen LogP contribution in [0.5, 0.6) is 0 Å². The van der Waals surface area contributed by atoms with E-state index in [0.29, 0.717) is 50.8 Å². The number of carboxylic acid groups (broad SMARTS) is 1. The number of rotatable bonds is 18. The van der Waals surface area contributed by atoms with Gasteiger partial charge in [0, 0.05) is 23.5 Å². The van der Waals surface area contributed by atoms with Crippen LogP contribution in [0.2, 0.25) is 0 Å². The summed E-state index contributed by atoms with van der Waals surface area (Å²) < 4.78 is 0. The SMILES string of the molecule is CC(O)C(NC(=O)C(N)CCCCN)C(=O)NC(Cc1c[nH]c2ccccc12)C(=O)NC(CCCCN)C(=O)O. The first-order chi connectivity index (χ1) is 19.1. The molecule has 2 rings (SSSR count). The maximum Gasteiger partial charge on any atom is 0.326 e. The van der Waals surface area contributed by atoms with Gasteiger partial charge in [-0.1, -0.05) is 24.6 Å². The number of para-hydroxylation sites is 1. The number of hydrogen-bond acceptors (Lipinski definition) is 8. The Bertz CT molecular complexity index is 1120. The summed E-state index contributed by atoms with van der Waals surface area (Å²) in [6.45, 7) is 2.18. The first-order valence-electron chi connectivity index (χ1n) is 13.6. The maximum absolute atomic E-state index is 13.4. The zero-order valence-corrected chi connectivity index (χ0v) is 22.9. The van der Waals surface area contributed by atoms with E-state index in [-0.39, 0.29) is 12.8 Å². The Morgan fingerprint density at radius 1 is 0.875 bits per heavy atom. The van der Waals surface area contributed by atoms with Crippen molar-refractivity contribution < 1.29 is 29.4 Å². The van der Waals surface area contributed by atoms with Gasteiger partial charge in [0.25, 0.3) is 0 Å². The van der Waals surface area contributed by atoms with Crippen LogP contribution in [-0.4, -0.2) is 82.2 Å². The minimum Gasteiger partial charge on any atom is -0.480 e. The third kappa shape index (κ3) is 9.90. The van der Waals surface area contributed by atoms with Crippen LogP contribution in [0.3, 0.4) is 0 Å². The number of amides is 3. The summed E-state index contributed by atoms with van der Waals surface area (Å²) in [6, 6.07) is 2.71. The number of nitrogens with one attached hydrogen (secondary N) is 4. The molecule has 2 aromatic rings. The molecule has 1 aromatic heterocycles. The third-order valence-electron chi connectivity index (χ3n) is 6.66. The molecular formula is C27H43N7O6. The highest BCUT2D eigenvalue weighted by molar-refractivity contribution is 5.95. The fourth-order valence-electron chi connectivity index (χ4n) is 4.32. The molecule has 1 aromatic carbocycles. The van der Waals surface area contributed by atoms with Crippen LogP contribution in [0.25, 0.3) is 10.9 Å². The van der Waals surface area contributed by atoms with E-state index in [1.807, 2.05) is 24.3 Å². The summed E-state index contributed by atoms with van der Waals surface area (Å²) in [5, 5.41) is 28.3. The van der Waals surface area contributed by atoms with Crippen LogP contribution in [0.1, 0.15) is 51.0 Å². The summed E-state index contributed by atoms with van der Waals surface area (Å²) >= 11 is 0. The molecule has 40 heavy (non-hydrogen) atoms.